The smallest absolute Gasteiger partial charge is 0.184 e. The molecule has 0 spiro atoms. The summed E-state index contributed by atoms with van der Waals surface area (Å²) in [5, 5.41) is 4.41. The monoisotopic (exact) mass is 267 g/mol. The van der Waals surface area contributed by atoms with Gasteiger partial charge in [0.15, 0.2) is 17.2 Å². The fraction of sp³-hybridized carbons (Fsp3) is 0. The number of nitrogens with two attached hydrogens (primary N) is 1. The van der Waals surface area contributed by atoms with Crippen LogP contribution in [0.3, 0.4) is 0 Å². The number of H-pyrrole nitrogens is 1. The fourth-order valence-electron chi connectivity index (χ4n) is 2.02. The summed E-state index contributed by atoms with van der Waals surface area (Å²) in [7, 11) is 0. The Bertz CT molecular complexity index is 874. The van der Waals surface area contributed by atoms with E-state index in [0.29, 0.717) is 34.3 Å². The van der Waals surface area contributed by atoms with Crippen LogP contribution in [0.25, 0.3) is 28.4 Å². The van der Waals surface area contributed by atoms with Gasteiger partial charge in [-0.05, 0) is 12.1 Å². The number of anilines is 1. The lowest BCUT2D eigenvalue weighted by Gasteiger charge is -2.02. The number of imidazole rings is 1. The van der Waals surface area contributed by atoms with Crippen molar-refractivity contribution < 1.29 is 4.42 Å². The molecule has 20 heavy (non-hydrogen) atoms. The van der Waals surface area contributed by atoms with Crippen LogP contribution in [-0.2, 0) is 0 Å². The van der Waals surface area contributed by atoms with Gasteiger partial charge in [0.2, 0.25) is 0 Å². The van der Waals surface area contributed by atoms with Gasteiger partial charge in [0, 0.05) is 6.07 Å². The molecule has 0 unspecified atom stereocenters. The topological polar surface area (TPSA) is 111 Å². The van der Waals surface area contributed by atoms with Crippen LogP contribution in [0.15, 0.2) is 41.5 Å². The lowest BCUT2D eigenvalue weighted by molar-refractivity contribution is 0.579. The van der Waals surface area contributed by atoms with E-state index in [1.165, 1.54) is 11.0 Å². The van der Waals surface area contributed by atoms with Crippen LogP contribution < -0.4 is 5.73 Å². The van der Waals surface area contributed by atoms with Crippen LogP contribution in [0.4, 0.5) is 5.82 Å². The van der Waals surface area contributed by atoms with Crippen LogP contribution in [0.2, 0.25) is 0 Å². The maximum absolute atomic E-state index is 6.00. The summed E-state index contributed by atoms with van der Waals surface area (Å²) in [5.41, 5.74) is 7.88. The van der Waals surface area contributed by atoms with E-state index in [0.717, 1.165) is 0 Å². The molecule has 8 nitrogen and oxygen atoms in total. The van der Waals surface area contributed by atoms with E-state index < -0.39 is 0 Å². The molecule has 4 heterocycles. The van der Waals surface area contributed by atoms with E-state index >= 15 is 0 Å². The Hall–Kier alpha value is -3.16. The maximum Gasteiger partial charge on any atom is 0.184 e. The van der Waals surface area contributed by atoms with Crippen molar-refractivity contribution in [3.05, 3.63) is 37.1 Å². The molecule has 0 saturated carbocycles. The number of aromatic amines is 1. The van der Waals surface area contributed by atoms with E-state index in [1.807, 2.05) is 6.07 Å². The molecule has 98 valence electrons. The third kappa shape index (κ3) is 1.48. The van der Waals surface area contributed by atoms with E-state index in [9.17, 15) is 0 Å². The molecule has 0 aliphatic rings. The Morgan fingerprint density at radius 1 is 1.25 bits per heavy atom. The summed E-state index contributed by atoms with van der Waals surface area (Å²) in [6.45, 7) is 0. The molecule has 0 aliphatic carbocycles. The Morgan fingerprint density at radius 2 is 2.20 bits per heavy atom. The summed E-state index contributed by atoms with van der Waals surface area (Å²) >= 11 is 0. The van der Waals surface area contributed by atoms with Crippen molar-refractivity contribution in [2.45, 2.75) is 0 Å². The fourth-order valence-corrected chi connectivity index (χ4v) is 2.02. The van der Waals surface area contributed by atoms with Gasteiger partial charge in [-0.2, -0.15) is 9.78 Å². The standard InChI is InChI=1S/C12H9N7O/c13-9-4-7(8-2-1-3-20-8)18-19(9)12-10-11(15-5-14-10)16-6-17-12/h1-6H,13H2,(H,14,15,16,17). The molecular weight excluding hydrogens is 258 g/mol. The molecule has 0 bridgehead atoms. The highest BCUT2D eigenvalue weighted by molar-refractivity contribution is 5.78. The van der Waals surface area contributed by atoms with Crippen molar-refractivity contribution in [2.75, 3.05) is 5.73 Å². The zero-order valence-corrected chi connectivity index (χ0v) is 10.2. The molecule has 0 fully saturated rings. The summed E-state index contributed by atoms with van der Waals surface area (Å²) in [4.78, 5) is 15.3. The van der Waals surface area contributed by atoms with Crippen molar-refractivity contribution in [3.63, 3.8) is 0 Å². The molecule has 0 amide bonds. The minimum Gasteiger partial charge on any atom is -0.463 e. The van der Waals surface area contributed by atoms with Crippen molar-refractivity contribution in [3.8, 4) is 17.3 Å². The average Bonchev–Trinajstić information content (AvgIpc) is 3.18. The van der Waals surface area contributed by atoms with Crippen molar-refractivity contribution >= 4 is 17.0 Å². The van der Waals surface area contributed by atoms with Crippen LogP contribution in [0, 0.1) is 0 Å². The lowest BCUT2D eigenvalue weighted by atomic mass is 10.3. The van der Waals surface area contributed by atoms with Crippen LogP contribution >= 0.6 is 0 Å². The number of nitrogens with zero attached hydrogens (tertiary/aromatic N) is 5. The van der Waals surface area contributed by atoms with Crippen molar-refractivity contribution in [1.82, 2.24) is 29.7 Å². The first-order valence-electron chi connectivity index (χ1n) is 5.87. The Morgan fingerprint density at radius 3 is 3.05 bits per heavy atom. The van der Waals surface area contributed by atoms with Crippen molar-refractivity contribution in [2.24, 2.45) is 0 Å². The molecule has 3 N–H and O–H groups in total. The number of nitrogens with one attached hydrogen (secondary N) is 1. The first-order valence-corrected chi connectivity index (χ1v) is 5.87. The van der Waals surface area contributed by atoms with Gasteiger partial charge in [0.1, 0.15) is 23.4 Å². The molecule has 0 saturated heterocycles. The second-order valence-electron chi connectivity index (χ2n) is 4.14. The van der Waals surface area contributed by atoms with E-state index in [2.05, 4.69) is 25.0 Å². The number of rotatable bonds is 2. The Balaban J connectivity index is 1.93. The van der Waals surface area contributed by atoms with E-state index in [1.54, 1.807) is 24.7 Å². The first kappa shape index (κ1) is 10.7. The van der Waals surface area contributed by atoms with Gasteiger partial charge < -0.3 is 15.1 Å². The summed E-state index contributed by atoms with van der Waals surface area (Å²) < 4.78 is 6.84. The lowest BCUT2D eigenvalue weighted by Crippen LogP contribution is -2.05. The number of hydrogen-bond donors (Lipinski definition) is 2. The van der Waals surface area contributed by atoms with Gasteiger partial charge in [0.05, 0.1) is 12.6 Å². The van der Waals surface area contributed by atoms with Crippen LogP contribution in [0.1, 0.15) is 0 Å². The van der Waals surface area contributed by atoms with Crippen LogP contribution in [0.5, 0.6) is 0 Å². The second-order valence-corrected chi connectivity index (χ2v) is 4.14. The number of nitrogen functional groups attached to an aromatic ring is 1. The highest BCUT2D eigenvalue weighted by Crippen LogP contribution is 2.24. The minimum absolute atomic E-state index is 0.450. The Labute approximate surface area is 112 Å². The second kappa shape index (κ2) is 3.92. The molecule has 4 rings (SSSR count). The van der Waals surface area contributed by atoms with Gasteiger partial charge in [0.25, 0.3) is 0 Å². The van der Waals surface area contributed by atoms with Gasteiger partial charge in [-0.25, -0.2) is 15.0 Å². The zero-order valence-electron chi connectivity index (χ0n) is 10.2. The summed E-state index contributed by atoms with van der Waals surface area (Å²) in [6.07, 6.45) is 4.56. The van der Waals surface area contributed by atoms with Gasteiger partial charge in [-0.1, -0.05) is 0 Å². The number of hydrogen-bond acceptors (Lipinski definition) is 6. The third-order valence-electron chi connectivity index (χ3n) is 2.91. The normalized spacial score (nSPS) is 11.2. The van der Waals surface area contributed by atoms with E-state index in [-0.39, 0.29) is 0 Å². The molecule has 0 radical (unpaired) electrons. The van der Waals surface area contributed by atoms with Crippen LogP contribution in [-0.4, -0.2) is 29.7 Å². The molecule has 4 aromatic heterocycles. The molecule has 0 aliphatic heterocycles. The van der Waals surface area contributed by atoms with E-state index in [4.69, 9.17) is 10.2 Å². The van der Waals surface area contributed by atoms with Gasteiger partial charge >= 0.3 is 0 Å². The third-order valence-corrected chi connectivity index (χ3v) is 2.91. The highest BCUT2D eigenvalue weighted by Gasteiger charge is 2.15. The molecule has 8 heteroatoms. The molecule has 0 atom stereocenters. The molecular formula is C12H9N7O. The summed E-state index contributed by atoms with van der Waals surface area (Å²) in [6, 6.07) is 5.34. The zero-order chi connectivity index (χ0) is 13.5. The molecule has 4 aromatic rings. The van der Waals surface area contributed by atoms with Gasteiger partial charge in [-0.3, -0.25) is 0 Å². The van der Waals surface area contributed by atoms with Crippen molar-refractivity contribution in [1.29, 1.82) is 0 Å². The number of aromatic nitrogens is 6. The first-order chi connectivity index (χ1) is 9.83. The highest BCUT2D eigenvalue weighted by atomic mass is 16.3. The molecule has 0 aromatic carbocycles. The maximum atomic E-state index is 6.00. The average molecular weight is 267 g/mol. The van der Waals surface area contributed by atoms with Gasteiger partial charge in [-0.15, -0.1) is 0 Å². The largest absolute Gasteiger partial charge is 0.463 e. The minimum atomic E-state index is 0.450. The predicted octanol–water partition coefficient (Wildman–Crippen LogP) is 1.38. The summed E-state index contributed by atoms with van der Waals surface area (Å²) in [5.74, 6) is 1.64. The number of fused-ring (bicyclic) bond motifs is 1. The number of furan rings is 1. The SMILES string of the molecule is Nc1cc(-c2ccco2)nn1-c1ncnc2nc[nH]c12. The Kier molecular flexibility index (Phi) is 2.10. The predicted molar refractivity (Wildman–Crippen MR) is 70.9 cm³/mol. The quantitative estimate of drug-likeness (QED) is 0.567.